The van der Waals surface area contributed by atoms with E-state index in [9.17, 15) is 9.59 Å². The number of carbonyl (C=O) groups excluding carboxylic acids is 2. The average Bonchev–Trinajstić information content (AvgIpc) is 2.94. The van der Waals surface area contributed by atoms with Crippen molar-refractivity contribution in [2.75, 3.05) is 6.61 Å². The molecule has 26 heavy (non-hydrogen) atoms. The fourth-order valence-electron chi connectivity index (χ4n) is 2.91. The summed E-state index contributed by atoms with van der Waals surface area (Å²) >= 11 is 0. The standard InChI is InChI=1S/C21H22N2O3/c1-13-14(2)22-19-10-9-17(11-18(13)19)21(25)26-12-20(24)23-15(3)16-7-5-4-6-8-16/h4-11,15,22H,12H2,1-3H3,(H,23,24). The number of hydrogen-bond acceptors (Lipinski definition) is 3. The number of aryl methyl sites for hydroxylation is 2. The normalized spacial score (nSPS) is 12.0. The lowest BCUT2D eigenvalue weighted by Crippen LogP contribution is -2.31. The Morgan fingerprint density at radius 1 is 1.12 bits per heavy atom. The molecule has 0 fully saturated rings. The van der Waals surface area contributed by atoms with Crippen LogP contribution in [0.5, 0.6) is 0 Å². The number of esters is 1. The summed E-state index contributed by atoms with van der Waals surface area (Å²) in [6.45, 7) is 5.58. The molecule has 0 aliphatic rings. The van der Waals surface area contributed by atoms with Crippen LogP contribution in [0.1, 0.15) is 40.1 Å². The van der Waals surface area contributed by atoms with Crippen LogP contribution in [-0.2, 0) is 9.53 Å². The van der Waals surface area contributed by atoms with Crippen LogP contribution in [0, 0.1) is 13.8 Å². The molecule has 2 aromatic carbocycles. The minimum Gasteiger partial charge on any atom is -0.452 e. The SMILES string of the molecule is Cc1[nH]c2ccc(C(=O)OCC(=O)NC(C)c3ccccc3)cc2c1C. The molecular formula is C21H22N2O3. The van der Waals surface area contributed by atoms with Crippen molar-refractivity contribution < 1.29 is 14.3 Å². The van der Waals surface area contributed by atoms with Gasteiger partial charge in [0.1, 0.15) is 0 Å². The molecular weight excluding hydrogens is 328 g/mol. The molecule has 0 saturated heterocycles. The fourth-order valence-corrected chi connectivity index (χ4v) is 2.91. The molecule has 5 nitrogen and oxygen atoms in total. The van der Waals surface area contributed by atoms with Gasteiger partial charge in [0.05, 0.1) is 11.6 Å². The van der Waals surface area contributed by atoms with Crippen molar-refractivity contribution in [2.24, 2.45) is 0 Å². The largest absolute Gasteiger partial charge is 0.452 e. The monoisotopic (exact) mass is 350 g/mol. The first-order valence-corrected chi connectivity index (χ1v) is 8.56. The van der Waals surface area contributed by atoms with E-state index in [-0.39, 0.29) is 18.6 Å². The third-order valence-electron chi connectivity index (χ3n) is 4.56. The minimum atomic E-state index is -0.507. The maximum absolute atomic E-state index is 12.3. The molecule has 0 aliphatic heterocycles. The van der Waals surface area contributed by atoms with Gasteiger partial charge >= 0.3 is 5.97 Å². The number of rotatable bonds is 5. The van der Waals surface area contributed by atoms with Crippen LogP contribution in [0.15, 0.2) is 48.5 Å². The Morgan fingerprint density at radius 2 is 1.85 bits per heavy atom. The zero-order valence-corrected chi connectivity index (χ0v) is 15.1. The Bertz CT molecular complexity index is 945. The summed E-state index contributed by atoms with van der Waals surface area (Å²) < 4.78 is 5.16. The van der Waals surface area contributed by atoms with Gasteiger partial charge in [-0.05, 0) is 50.1 Å². The maximum Gasteiger partial charge on any atom is 0.338 e. The number of H-pyrrole nitrogens is 1. The number of fused-ring (bicyclic) bond motifs is 1. The number of hydrogen-bond donors (Lipinski definition) is 2. The van der Waals surface area contributed by atoms with Crippen molar-refractivity contribution in [3.05, 3.63) is 70.9 Å². The molecule has 2 N–H and O–H groups in total. The summed E-state index contributed by atoms with van der Waals surface area (Å²) in [6, 6.07) is 14.8. The van der Waals surface area contributed by atoms with E-state index in [0.717, 1.165) is 27.7 Å². The summed E-state index contributed by atoms with van der Waals surface area (Å²) in [5.41, 5.74) is 4.58. The van der Waals surface area contributed by atoms with Crippen molar-refractivity contribution in [2.45, 2.75) is 26.8 Å². The van der Waals surface area contributed by atoms with Gasteiger partial charge in [0.2, 0.25) is 0 Å². The smallest absolute Gasteiger partial charge is 0.338 e. The van der Waals surface area contributed by atoms with E-state index in [2.05, 4.69) is 10.3 Å². The molecule has 0 aliphatic carbocycles. The highest BCUT2D eigenvalue weighted by atomic mass is 16.5. The van der Waals surface area contributed by atoms with E-state index in [1.807, 2.05) is 57.2 Å². The predicted octanol–water partition coefficient (Wildman–Crippen LogP) is 3.82. The van der Waals surface area contributed by atoms with Gasteiger partial charge in [-0.1, -0.05) is 30.3 Å². The third kappa shape index (κ3) is 3.77. The van der Waals surface area contributed by atoms with E-state index in [0.29, 0.717) is 5.56 Å². The Hall–Kier alpha value is -3.08. The summed E-state index contributed by atoms with van der Waals surface area (Å²) in [6.07, 6.45) is 0. The number of carbonyl (C=O) groups is 2. The van der Waals surface area contributed by atoms with Crippen molar-refractivity contribution in [3.63, 3.8) is 0 Å². The van der Waals surface area contributed by atoms with Crippen molar-refractivity contribution in [1.82, 2.24) is 10.3 Å². The molecule has 0 saturated carbocycles. The molecule has 1 amide bonds. The summed E-state index contributed by atoms with van der Waals surface area (Å²) in [5, 5.41) is 3.81. The van der Waals surface area contributed by atoms with E-state index in [4.69, 9.17) is 4.74 Å². The second-order valence-corrected chi connectivity index (χ2v) is 6.41. The Balaban J connectivity index is 1.60. The first kappa shape index (κ1) is 17.7. The van der Waals surface area contributed by atoms with Crippen LogP contribution in [0.3, 0.4) is 0 Å². The lowest BCUT2D eigenvalue weighted by atomic mass is 10.1. The molecule has 1 aromatic heterocycles. The first-order chi connectivity index (χ1) is 12.5. The predicted molar refractivity (Wildman–Crippen MR) is 101 cm³/mol. The number of benzene rings is 2. The lowest BCUT2D eigenvalue weighted by Gasteiger charge is -2.14. The molecule has 5 heteroatoms. The quantitative estimate of drug-likeness (QED) is 0.687. The minimum absolute atomic E-state index is 0.149. The van der Waals surface area contributed by atoms with Gasteiger partial charge in [-0.3, -0.25) is 4.79 Å². The van der Waals surface area contributed by atoms with Crippen molar-refractivity contribution in [1.29, 1.82) is 0 Å². The number of aromatic nitrogens is 1. The zero-order chi connectivity index (χ0) is 18.7. The zero-order valence-electron chi connectivity index (χ0n) is 15.1. The van der Waals surface area contributed by atoms with Crippen LogP contribution in [0.2, 0.25) is 0 Å². The average molecular weight is 350 g/mol. The van der Waals surface area contributed by atoms with Gasteiger partial charge in [-0.15, -0.1) is 0 Å². The highest BCUT2D eigenvalue weighted by Gasteiger charge is 2.14. The Labute approximate surface area is 152 Å². The van der Waals surface area contributed by atoms with Crippen molar-refractivity contribution in [3.8, 4) is 0 Å². The number of aromatic amines is 1. The molecule has 0 radical (unpaired) electrons. The number of amides is 1. The van der Waals surface area contributed by atoms with Crippen LogP contribution in [0.25, 0.3) is 10.9 Å². The maximum atomic E-state index is 12.3. The van der Waals surface area contributed by atoms with Gasteiger partial charge in [0.15, 0.2) is 6.61 Å². The lowest BCUT2D eigenvalue weighted by molar-refractivity contribution is -0.124. The molecule has 1 unspecified atom stereocenters. The van der Waals surface area contributed by atoms with Gasteiger partial charge in [-0.25, -0.2) is 4.79 Å². The summed E-state index contributed by atoms with van der Waals surface area (Å²) in [5.74, 6) is -0.836. The molecule has 0 spiro atoms. The number of nitrogens with one attached hydrogen (secondary N) is 2. The number of ether oxygens (including phenoxy) is 1. The highest BCUT2D eigenvalue weighted by Crippen LogP contribution is 2.22. The molecule has 0 bridgehead atoms. The van der Waals surface area contributed by atoms with E-state index in [1.165, 1.54) is 0 Å². The highest BCUT2D eigenvalue weighted by molar-refractivity contribution is 5.96. The van der Waals surface area contributed by atoms with Crippen LogP contribution in [-0.4, -0.2) is 23.5 Å². The second-order valence-electron chi connectivity index (χ2n) is 6.41. The molecule has 3 aromatic rings. The van der Waals surface area contributed by atoms with Gasteiger partial charge in [0, 0.05) is 16.6 Å². The molecule has 1 heterocycles. The summed E-state index contributed by atoms with van der Waals surface area (Å²) in [4.78, 5) is 27.6. The van der Waals surface area contributed by atoms with E-state index in [1.54, 1.807) is 12.1 Å². The first-order valence-electron chi connectivity index (χ1n) is 8.56. The van der Waals surface area contributed by atoms with Gasteiger partial charge in [0.25, 0.3) is 5.91 Å². The van der Waals surface area contributed by atoms with Gasteiger partial charge < -0.3 is 15.0 Å². The molecule has 134 valence electrons. The van der Waals surface area contributed by atoms with E-state index < -0.39 is 5.97 Å². The van der Waals surface area contributed by atoms with Crippen molar-refractivity contribution >= 4 is 22.8 Å². The summed E-state index contributed by atoms with van der Waals surface area (Å²) in [7, 11) is 0. The van der Waals surface area contributed by atoms with Crippen LogP contribution < -0.4 is 5.32 Å². The van der Waals surface area contributed by atoms with Gasteiger partial charge in [-0.2, -0.15) is 0 Å². The second kappa shape index (κ2) is 7.44. The van der Waals surface area contributed by atoms with Crippen LogP contribution in [0.4, 0.5) is 0 Å². The van der Waals surface area contributed by atoms with E-state index >= 15 is 0 Å². The fraction of sp³-hybridized carbons (Fsp3) is 0.238. The molecule has 3 rings (SSSR count). The third-order valence-corrected chi connectivity index (χ3v) is 4.56. The molecule has 1 atom stereocenters. The van der Waals surface area contributed by atoms with Crippen LogP contribution >= 0.6 is 0 Å². The Kier molecular flexibility index (Phi) is 5.07. The Morgan fingerprint density at radius 3 is 2.58 bits per heavy atom. The topological polar surface area (TPSA) is 71.2 Å².